The van der Waals surface area contributed by atoms with Gasteiger partial charge in [-0.15, -0.1) is 0 Å². The van der Waals surface area contributed by atoms with Crippen LogP contribution in [0.3, 0.4) is 0 Å². The van der Waals surface area contributed by atoms with Crippen LogP contribution in [0.25, 0.3) is 0 Å². The van der Waals surface area contributed by atoms with Crippen molar-refractivity contribution in [2.24, 2.45) is 0 Å². The number of nitrogens with zero attached hydrogens (tertiary/aromatic N) is 2. The minimum Gasteiger partial charge on any atom is -0.494 e. The molecule has 1 heterocycles. The first-order chi connectivity index (χ1) is 8.97. The minimum atomic E-state index is -4.58. The van der Waals surface area contributed by atoms with Gasteiger partial charge in [0.15, 0.2) is 11.4 Å². The molecule has 19 heavy (non-hydrogen) atoms. The van der Waals surface area contributed by atoms with Crippen molar-refractivity contribution >= 4 is 0 Å². The Morgan fingerprint density at radius 3 is 2.47 bits per heavy atom. The Labute approximate surface area is 109 Å². The van der Waals surface area contributed by atoms with Crippen LogP contribution in [0.1, 0.15) is 48.6 Å². The van der Waals surface area contributed by atoms with Crippen LogP contribution in [0, 0.1) is 11.3 Å². The summed E-state index contributed by atoms with van der Waals surface area (Å²) in [5.41, 5.74) is -0.610. The van der Waals surface area contributed by atoms with Crippen LogP contribution in [0.5, 0.6) is 5.75 Å². The van der Waals surface area contributed by atoms with Crippen LogP contribution in [0.4, 0.5) is 13.2 Å². The van der Waals surface area contributed by atoms with Crippen molar-refractivity contribution in [3.8, 4) is 11.8 Å². The average molecular weight is 270 g/mol. The number of aromatic nitrogens is 1. The predicted octanol–water partition coefficient (Wildman–Crippen LogP) is 3.64. The molecule has 0 aliphatic heterocycles. The fraction of sp³-hybridized carbons (Fsp3) is 0.538. The number of pyridine rings is 1. The number of alkyl halides is 3. The van der Waals surface area contributed by atoms with Crippen LogP contribution in [-0.4, -0.2) is 12.1 Å². The molecule has 0 atom stereocenters. The summed E-state index contributed by atoms with van der Waals surface area (Å²) in [7, 11) is 1.14. The molecule has 1 aromatic rings. The van der Waals surface area contributed by atoms with E-state index in [0.717, 1.165) is 38.9 Å². The molecular formula is C13H13F3N2O. The first-order valence-corrected chi connectivity index (χ1v) is 6.03. The van der Waals surface area contributed by atoms with Crippen LogP contribution in [-0.2, 0) is 6.18 Å². The molecule has 0 amide bonds. The van der Waals surface area contributed by atoms with Crippen LogP contribution in [0.15, 0.2) is 6.07 Å². The third kappa shape index (κ3) is 2.65. The number of methoxy groups -OCH3 is 1. The molecule has 6 heteroatoms. The molecule has 0 aromatic carbocycles. The van der Waals surface area contributed by atoms with E-state index in [1.165, 1.54) is 0 Å². The number of ether oxygens (including phenoxy) is 1. The zero-order valence-electron chi connectivity index (χ0n) is 10.4. The highest BCUT2D eigenvalue weighted by Gasteiger charge is 2.38. The highest BCUT2D eigenvalue weighted by Crippen LogP contribution is 2.40. The second-order valence-electron chi connectivity index (χ2n) is 4.56. The third-order valence-electron chi connectivity index (χ3n) is 3.37. The van der Waals surface area contributed by atoms with Crippen LogP contribution >= 0.6 is 0 Å². The molecule has 1 saturated carbocycles. The zero-order chi connectivity index (χ0) is 14.0. The van der Waals surface area contributed by atoms with Gasteiger partial charge in [-0.25, -0.2) is 4.98 Å². The van der Waals surface area contributed by atoms with E-state index < -0.39 is 17.6 Å². The number of hydrogen-bond donors (Lipinski definition) is 0. The van der Waals surface area contributed by atoms with E-state index in [1.807, 2.05) is 6.07 Å². The van der Waals surface area contributed by atoms with Gasteiger partial charge in [0.05, 0.1) is 18.4 Å². The second-order valence-corrected chi connectivity index (χ2v) is 4.56. The van der Waals surface area contributed by atoms with Gasteiger partial charge in [0.25, 0.3) is 0 Å². The standard InChI is InChI=1S/C13H13F3N2O/c1-19-10-6-9(7-17)11(8-4-2-3-5-8)18-12(10)13(14,15)16/h6,8H,2-5H2,1H3. The Kier molecular flexibility index (Phi) is 3.65. The highest BCUT2D eigenvalue weighted by molar-refractivity contribution is 5.44. The Morgan fingerprint density at radius 1 is 1.37 bits per heavy atom. The lowest BCUT2D eigenvalue weighted by atomic mass is 9.98. The molecule has 0 N–H and O–H groups in total. The van der Waals surface area contributed by atoms with Crippen molar-refractivity contribution in [1.29, 1.82) is 5.26 Å². The molecule has 0 spiro atoms. The molecule has 102 valence electrons. The van der Waals surface area contributed by atoms with E-state index in [9.17, 15) is 13.2 Å². The largest absolute Gasteiger partial charge is 0.494 e. The Balaban J connectivity index is 2.56. The summed E-state index contributed by atoms with van der Waals surface area (Å²) in [6.45, 7) is 0. The topological polar surface area (TPSA) is 45.9 Å². The molecular weight excluding hydrogens is 257 g/mol. The number of nitriles is 1. The van der Waals surface area contributed by atoms with Crippen molar-refractivity contribution < 1.29 is 17.9 Å². The maximum Gasteiger partial charge on any atom is 0.437 e. The van der Waals surface area contributed by atoms with Crippen molar-refractivity contribution in [2.45, 2.75) is 37.8 Å². The summed E-state index contributed by atoms with van der Waals surface area (Å²) < 4.78 is 43.4. The first-order valence-electron chi connectivity index (χ1n) is 6.03. The summed E-state index contributed by atoms with van der Waals surface area (Å²) in [6, 6.07) is 3.06. The van der Waals surface area contributed by atoms with Gasteiger partial charge < -0.3 is 4.74 Å². The van der Waals surface area contributed by atoms with Crippen molar-refractivity contribution in [1.82, 2.24) is 4.98 Å². The number of hydrogen-bond acceptors (Lipinski definition) is 3. The smallest absolute Gasteiger partial charge is 0.437 e. The SMILES string of the molecule is COc1cc(C#N)c(C2CCCC2)nc1C(F)(F)F. The lowest BCUT2D eigenvalue weighted by molar-refractivity contribution is -0.142. The summed E-state index contributed by atoms with van der Waals surface area (Å²) in [5, 5.41) is 9.07. The van der Waals surface area contributed by atoms with Gasteiger partial charge in [0, 0.05) is 12.0 Å². The maximum absolute atomic E-state index is 12.9. The van der Waals surface area contributed by atoms with E-state index in [1.54, 1.807) is 0 Å². The molecule has 2 rings (SSSR count). The Bertz CT molecular complexity index is 514. The predicted molar refractivity (Wildman–Crippen MR) is 61.7 cm³/mol. The lowest BCUT2D eigenvalue weighted by Gasteiger charge is -2.16. The van der Waals surface area contributed by atoms with E-state index in [4.69, 9.17) is 10.00 Å². The molecule has 1 aromatic heterocycles. The molecule has 0 saturated heterocycles. The van der Waals surface area contributed by atoms with Gasteiger partial charge in [-0.2, -0.15) is 18.4 Å². The lowest BCUT2D eigenvalue weighted by Crippen LogP contribution is -2.14. The monoisotopic (exact) mass is 270 g/mol. The molecule has 0 radical (unpaired) electrons. The summed E-state index contributed by atoms with van der Waals surface area (Å²) in [6.07, 6.45) is -1.08. The average Bonchev–Trinajstić information content (AvgIpc) is 2.89. The van der Waals surface area contributed by atoms with Gasteiger partial charge in [-0.3, -0.25) is 0 Å². The normalized spacial score (nSPS) is 16.4. The Hall–Kier alpha value is -1.77. The number of halogens is 3. The second kappa shape index (κ2) is 5.08. The molecule has 0 unspecified atom stereocenters. The fourth-order valence-electron chi connectivity index (χ4n) is 2.47. The van der Waals surface area contributed by atoms with Gasteiger partial charge >= 0.3 is 6.18 Å². The van der Waals surface area contributed by atoms with Gasteiger partial charge in [-0.1, -0.05) is 12.8 Å². The van der Waals surface area contributed by atoms with Gasteiger partial charge in [0.2, 0.25) is 0 Å². The molecule has 3 nitrogen and oxygen atoms in total. The van der Waals surface area contributed by atoms with Gasteiger partial charge in [-0.05, 0) is 12.8 Å². The van der Waals surface area contributed by atoms with E-state index in [-0.39, 0.29) is 17.2 Å². The zero-order valence-corrected chi connectivity index (χ0v) is 10.4. The first kappa shape index (κ1) is 13.7. The van der Waals surface area contributed by atoms with E-state index in [0.29, 0.717) is 0 Å². The van der Waals surface area contributed by atoms with E-state index >= 15 is 0 Å². The molecule has 1 aliphatic carbocycles. The number of rotatable bonds is 2. The third-order valence-corrected chi connectivity index (χ3v) is 3.37. The molecule has 1 aliphatic rings. The van der Waals surface area contributed by atoms with Crippen molar-refractivity contribution in [3.05, 3.63) is 23.0 Å². The summed E-state index contributed by atoms with van der Waals surface area (Å²) in [5.74, 6) is -0.451. The Morgan fingerprint density at radius 2 is 2.00 bits per heavy atom. The van der Waals surface area contributed by atoms with Crippen LogP contribution in [0.2, 0.25) is 0 Å². The van der Waals surface area contributed by atoms with Crippen LogP contribution < -0.4 is 4.74 Å². The summed E-state index contributed by atoms with van der Waals surface area (Å²) in [4.78, 5) is 3.70. The van der Waals surface area contributed by atoms with Crippen molar-refractivity contribution in [2.75, 3.05) is 7.11 Å². The quantitative estimate of drug-likeness (QED) is 0.824. The fourth-order valence-corrected chi connectivity index (χ4v) is 2.47. The summed E-state index contributed by atoms with van der Waals surface area (Å²) >= 11 is 0. The van der Waals surface area contributed by atoms with Gasteiger partial charge in [0.1, 0.15) is 6.07 Å². The highest BCUT2D eigenvalue weighted by atomic mass is 19.4. The van der Waals surface area contributed by atoms with Crippen molar-refractivity contribution in [3.63, 3.8) is 0 Å². The minimum absolute atomic E-state index is 0.0540. The molecule has 0 bridgehead atoms. The van der Waals surface area contributed by atoms with E-state index in [2.05, 4.69) is 4.98 Å². The maximum atomic E-state index is 12.9. The molecule has 1 fully saturated rings.